The Morgan fingerprint density at radius 3 is 2.82 bits per heavy atom. The molecule has 0 aliphatic rings. The van der Waals surface area contributed by atoms with E-state index in [1.807, 2.05) is 13.8 Å². The highest BCUT2D eigenvalue weighted by Crippen LogP contribution is 2.21. The molecule has 0 bridgehead atoms. The van der Waals surface area contributed by atoms with Crippen molar-refractivity contribution in [1.29, 1.82) is 0 Å². The monoisotopic (exact) mass is 232 g/mol. The maximum atomic E-state index is 13.2. The second-order valence-electron chi connectivity index (χ2n) is 3.89. The first-order chi connectivity index (χ1) is 8.10. The van der Waals surface area contributed by atoms with Crippen molar-refractivity contribution in [3.05, 3.63) is 51.8 Å². The summed E-state index contributed by atoms with van der Waals surface area (Å²) in [6.45, 7) is 3.77. The van der Waals surface area contributed by atoms with E-state index in [4.69, 9.17) is 0 Å². The molecule has 0 amide bonds. The minimum Gasteiger partial charge on any atom is -0.311 e. The molecule has 2 rings (SSSR count). The van der Waals surface area contributed by atoms with Crippen molar-refractivity contribution in [3.8, 4) is 11.3 Å². The zero-order valence-electron chi connectivity index (χ0n) is 9.75. The quantitative estimate of drug-likeness (QED) is 0.864. The van der Waals surface area contributed by atoms with Crippen LogP contribution in [-0.4, -0.2) is 9.97 Å². The predicted octanol–water partition coefficient (Wildman–Crippen LogP) is 2.45. The van der Waals surface area contributed by atoms with E-state index >= 15 is 0 Å². The van der Waals surface area contributed by atoms with Crippen LogP contribution in [0.5, 0.6) is 0 Å². The van der Waals surface area contributed by atoms with E-state index < -0.39 is 0 Å². The highest BCUT2D eigenvalue weighted by atomic mass is 19.1. The molecule has 17 heavy (non-hydrogen) atoms. The van der Waals surface area contributed by atoms with E-state index in [1.165, 1.54) is 18.2 Å². The van der Waals surface area contributed by atoms with E-state index in [1.54, 1.807) is 6.07 Å². The Labute approximate surface area is 98.3 Å². The number of nitrogens with one attached hydrogen (secondary N) is 1. The Morgan fingerprint density at radius 1 is 1.35 bits per heavy atom. The molecule has 0 saturated heterocycles. The Bertz CT molecular complexity index is 605. The van der Waals surface area contributed by atoms with Gasteiger partial charge in [-0.15, -0.1) is 0 Å². The number of hydrogen-bond acceptors (Lipinski definition) is 2. The van der Waals surface area contributed by atoms with Gasteiger partial charge >= 0.3 is 0 Å². The molecule has 1 heterocycles. The van der Waals surface area contributed by atoms with Gasteiger partial charge in [0.2, 0.25) is 0 Å². The van der Waals surface area contributed by atoms with Crippen LogP contribution in [0.4, 0.5) is 4.39 Å². The maximum Gasteiger partial charge on any atom is 0.251 e. The third-order valence-corrected chi connectivity index (χ3v) is 2.60. The maximum absolute atomic E-state index is 13.2. The minimum absolute atomic E-state index is 0.212. The standard InChI is InChI=1S/C13H13FN2O/c1-3-12-15-11(7-13(17)16-12)10-6-9(14)5-4-8(10)2/h4-7H,3H2,1-2H3,(H,15,16,17). The van der Waals surface area contributed by atoms with Crippen molar-refractivity contribution in [2.75, 3.05) is 0 Å². The summed E-state index contributed by atoms with van der Waals surface area (Å²) in [5, 5.41) is 0. The Hall–Kier alpha value is -1.97. The van der Waals surface area contributed by atoms with Crippen LogP contribution in [0, 0.1) is 12.7 Å². The lowest BCUT2D eigenvalue weighted by atomic mass is 10.1. The highest BCUT2D eigenvalue weighted by Gasteiger charge is 2.07. The van der Waals surface area contributed by atoms with Crippen molar-refractivity contribution in [3.63, 3.8) is 0 Å². The second kappa shape index (κ2) is 4.49. The van der Waals surface area contributed by atoms with E-state index in [9.17, 15) is 9.18 Å². The van der Waals surface area contributed by atoms with Gasteiger partial charge in [-0.1, -0.05) is 13.0 Å². The number of H-pyrrole nitrogens is 1. The molecule has 0 unspecified atom stereocenters. The van der Waals surface area contributed by atoms with Crippen LogP contribution in [0.2, 0.25) is 0 Å². The number of aromatic nitrogens is 2. The lowest BCUT2D eigenvalue weighted by Gasteiger charge is -2.06. The molecule has 3 nitrogen and oxygen atoms in total. The lowest BCUT2D eigenvalue weighted by molar-refractivity contribution is 0.628. The summed E-state index contributed by atoms with van der Waals surface area (Å²) in [4.78, 5) is 18.4. The number of benzene rings is 1. The SMILES string of the molecule is CCc1nc(-c2cc(F)ccc2C)cc(=O)[nH]1. The van der Waals surface area contributed by atoms with Gasteiger partial charge in [-0.05, 0) is 24.6 Å². The van der Waals surface area contributed by atoms with Crippen molar-refractivity contribution in [1.82, 2.24) is 9.97 Å². The first-order valence-corrected chi connectivity index (χ1v) is 5.47. The normalized spacial score (nSPS) is 10.5. The first kappa shape index (κ1) is 11.5. The predicted molar refractivity (Wildman–Crippen MR) is 64.4 cm³/mol. The van der Waals surface area contributed by atoms with E-state index in [0.29, 0.717) is 23.5 Å². The highest BCUT2D eigenvalue weighted by molar-refractivity contribution is 5.63. The van der Waals surface area contributed by atoms with Gasteiger partial charge in [0, 0.05) is 18.1 Å². The second-order valence-corrected chi connectivity index (χ2v) is 3.89. The molecule has 2 aromatic rings. The average molecular weight is 232 g/mol. The summed E-state index contributed by atoms with van der Waals surface area (Å²) in [6.07, 6.45) is 0.636. The van der Waals surface area contributed by atoms with Crippen LogP contribution in [0.15, 0.2) is 29.1 Å². The fourth-order valence-corrected chi connectivity index (χ4v) is 1.68. The molecule has 4 heteroatoms. The van der Waals surface area contributed by atoms with Gasteiger partial charge in [0.1, 0.15) is 11.6 Å². The molecule has 0 radical (unpaired) electrons. The molecule has 88 valence electrons. The zero-order chi connectivity index (χ0) is 12.4. The molecule has 0 aliphatic carbocycles. The number of aryl methyl sites for hydroxylation is 2. The van der Waals surface area contributed by atoms with Gasteiger partial charge in [-0.3, -0.25) is 4.79 Å². The topological polar surface area (TPSA) is 45.8 Å². The van der Waals surface area contributed by atoms with Gasteiger partial charge in [0.25, 0.3) is 5.56 Å². The van der Waals surface area contributed by atoms with Crippen molar-refractivity contribution in [2.24, 2.45) is 0 Å². The Balaban J connectivity index is 2.63. The van der Waals surface area contributed by atoms with E-state index in [0.717, 1.165) is 5.56 Å². The van der Waals surface area contributed by atoms with Crippen molar-refractivity contribution >= 4 is 0 Å². The molecule has 1 aromatic carbocycles. The van der Waals surface area contributed by atoms with Crippen LogP contribution in [0.25, 0.3) is 11.3 Å². The summed E-state index contributed by atoms with van der Waals surface area (Å²) in [6, 6.07) is 5.86. The molecule has 0 aliphatic heterocycles. The van der Waals surface area contributed by atoms with Crippen LogP contribution in [0.3, 0.4) is 0 Å². The summed E-state index contributed by atoms with van der Waals surface area (Å²) in [5.41, 5.74) is 1.86. The van der Waals surface area contributed by atoms with Crippen molar-refractivity contribution < 1.29 is 4.39 Å². The first-order valence-electron chi connectivity index (χ1n) is 5.47. The fourth-order valence-electron chi connectivity index (χ4n) is 1.68. The average Bonchev–Trinajstić information content (AvgIpc) is 2.31. The lowest BCUT2D eigenvalue weighted by Crippen LogP contribution is -2.10. The van der Waals surface area contributed by atoms with Gasteiger partial charge in [-0.2, -0.15) is 0 Å². The van der Waals surface area contributed by atoms with E-state index in [2.05, 4.69) is 9.97 Å². The number of hydrogen-bond donors (Lipinski definition) is 1. The number of rotatable bonds is 2. The molecular formula is C13H13FN2O. The van der Waals surface area contributed by atoms with Gasteiger partial charge in [-0.25, -0.2) is 9.37 Å². The smallest absolute Gasteiger partial charge is 0.251 e. The molecule has 0 saturated carbocycles. The zero-order valence-corrected chi connectivity index (χ0v) is 9.75. The molecule has 1 N–H and O–H groups in total. The summed E-state index contributed by atoms with van der Waals surface area (Å²) >= 11 is 0. The summed E-state index contributed by atoms with van der Waals surface area (Å²) in [7, 11) is 0. The molecule has 0 fully saturated rings. The number of halogens is 1. The van der Waals surface area contributed by atoms with Crippen LogP contribution in [0.1, 0.15) is 18.3 Å². The van der Waals surface area contributed by atoms with Crippen LogP contribution < -0.4 is 5.56 Å². The molecule has 0 spiro atoms. The van der Waals surface area contributed by atoms with Crippen LogP contribution >= 0.6 is 0 Å². The molecular weight excluding hydrogens is 219 g/mol. The molecule has 0 atom stereocenters. The molecule has 1 aromatic heterocycles. The Kier molecular flexibility index (Phi) is 3.04. The van der Waals surface area contributed by atoms with E-state index in [-0.39, 0.29) is 11.4 Å². The minimum atomic E-state index is -0.328. The number of aromatic amines is 1. The summed E-state index contributed by atoms with van der Waals surface area (Å²) < 4.78 is 13.2. The van der Waals surface area contributed by atoms with Gasteiger partial charge in [0.15, 0.2) is 0 Å². The summed E-state index contributed by atoms with van der Waals surface area (Å²) in [5.74, 6) is 0.280. The third-order valence-electron chi connectivity index (χ3n) is 2.60. The van der Waals surface area contributed by atoms with Gasteiger partial charge < -0.3 is 4.98 Å². The Morgan fingerprint density at radius 2 is 2.12 bits per heavy atom. The third kappa shape index (κ3) is 2.41. The van der Waals surface area contributed by atoms with Crippen LogP contribution in [-0.2, 0) is 6.42 Å². The van der Waals surface area contributed by atoms with Gasteiger partial charge in [0.05, 0.1) is 5.69 Å². The largest absolute Gasteiger partial charge is 0.311 e. The van der Waals surface area contributed by atoms with Crippen molar-refractivity contribution in [2.45, 2.75) is 20.3 Å². The number of nitrogens with zero attached hydrogens (tertiary/aromatic N) is 1. The fraction of sp³-hybridized carbons (Fsp3) is 0.231.